The van der Waals surface area contributed by atoms with E-state index < -0.39 is 11.8 Å². The zero-order valence-electron chi connectivity index (χ0n) is 31.3. The Labute approximate surface area is 335 Å². The Bertz CT molecular complexity index is 1610. The van der Waals surface area contributed by atoms with Gasteiger partial charge in [0.1, 0.15) is 5.52 Å². The van der Waals surface area contributed by atoms with E-state index in [4.69, 9.17) is 14.2 Å². The molecule has 0 N–H and O–H groups in total. The summed E-state index contributed by atoms with van der Waals surface area (Å²) in [7, 11) is 2.69. The van der Waals surface area contributed by atoms with Crippen molar-refractivity contribution in [2.45, 2.75) is 72.8 Å². The largest absolute Gasteiger partial charge is 1.00 e. The Morgan fingerprint density at radius 2 is 1.27 bits per heavy atom. The van der Waals surface area contributed by atoms with E-state index >= 15 is 0 Å². The second-order valence-electron chi connectivity index (χ2n) is 11.9. The van der Waals surface area contributed by atoms with Gasteiger partial charge in [-0.3, -0.25) is 24.4 Å². The number of alkyl halides is 1. The van der Waals surface area contributed by atoms with E-state index in [1.54, 1.807) is 18.5 Å². The number of unbranched alkanes of at least 4 members (excludes halogenated alkanes) is 2. The molecule has 4 atom stereocenters. The molecule has 4 unspecified atom stereocenters. The molecule has 0 amide bonds. The number of fused-ring (bicyclic) bond motifs is 2. The third-order valence-electron chi connectivity index (χ3n) is 7.82. The third kappa shape index (κ3) is 16.1. The molecular weight excluding hydrogens is 747 g/mol. The van der Waals surface area contributed by atoms with E-state index in [-0.39, 0.29) is 65.3 Å². The van der Waals surface area contributed by atoms with Crippen LogP contribution < -0.4 is 34.7 Å². The first-order valence-corrected chi connectivity index (χ1v) is 18.3. The Kier molecular flexibility index (Phi) is 23.6. The molecule has 280 valence electrons. The molecule has 16 heteroatoms. The monoisotopic (exact) mass is 796 g/mol. The predicted molar refractivity (Wildman–Crippen MR) is 194 cm³/mol. The summed E-state index contributed by atoms with van der Waals surface area (Å²) in [5.41, 5.74) is 3.33. The number of aromatic nitrogens is 6. The van der Waals surface area contributed by atoms with Crippen molar-refractivity contribution in [2.24, 2.45) is 23.7 Å². The third-order valence-corrected chi connectivity index (χ3v) is 8.60. The summed E-state index contributed by atoms with van der Waals surface area (Å²) >= 11 is 3.27. The van der Waals surface area contributed by atoms with Gasteiger partial charge in [0.05, 0.1) is 63.2 Å². The minimum atomic E-state index is -0.490. The first kappa shape index (κ1) is 46.6. The summed E-state index contributed by atoms with van der Waals surface area (Å²) in [6, 6.07) is 15.1. The molecule has 0 aliphatic rings. The van der Waals surface area contributed by atoms with Crippen LogP contribution in [0.15, 0.2) is 48.5 Å². The van der Waals surface area contributed by atoms with Gasteiger partial charge in [0.15, 0.2) is 0 Å². The molecule has 0 saturated heterocycles. The average Bonchev–Trinajstić information content (AvgIpc) is 3.80. The van der Waals surface area contributed by atoms with E-state index in [9.17, 15) is 19.2 Å². The number of benzene rings is 2. The van der Waals surface area contributed by atoms with Crippen molar-refractivity contribution in [2.75, 3.05) is 32.8 Å². The van der Waals surface area contributed by atoms with Gasteiger partial charge in [0.2, 0.25) is 0 Å². The number of ether oxygens (including phenoxy) is 4. The van der Waals surface area contributed by atoms with Crippen LogP contribution >= 0.6 is 15.9 Å². The van der Waals surface area contributed by atoms with Crippen molar-refractivity contribution >= 4 is 61.9 Å². The Morgan fingerprint density at radius 3 is 1.81 bits per heavy atom. The van der Waals surface area contributed by atoms with Crippen LogP contribution in [0.1, 0.15) is 66.2 Å². The Morgan fingerprint density at radius 1 is 0.750 bits per heavy atom. The fourth-order valence-corrected chi connectivity index (χ4v) is 5.33. The van der Waals surface area contributed by atoms with Crippen LogP contribution in [0.3, 0.4) is 0 Å². The number of hydrogen-bond acceptors (Lipinski definition) is 12. The van der Waals surface area contributed by atoms with Crippen LogP contribution in [0, 0.1) is 23.7 Å². The molecule has 4 aromatic rings. The maximum atomic E-state index is 12.5. The van der Waals surface area contributed by atoms with Crippen molar-refractivity contribution < 1.29 is 67.7 Å². The summed E-state index contributed by atoms with van der Waals surface area (Å²) in [5, 5.41) is 19.8. The molecule has 0 aliphatic carbocycles. The summed E-state index contributed by atoms with van der Waals surface area (Å²) in [5.74, 6) is -2.66. The number of hydrogen-bond donors (Lipinski definition) is 0. The maximum Gasteiger partial charge on any atom is 1.00 e. The van der Waals surface area contributed by atoms with Gasteiger partial charge in [-0.25, -0.2) is 4.68 Å². The van der Waals surface area contributed by atoms with E-state index in [1.807, 2.05) is 62.4 Å². The van der Waals surface area contributed by atoms with Gasteiger partial charge in [0, 0.05) is 5.33 Å². The van der Waals surface area contributed by atoms with Gasteiger partial charge in [-0.05, 0) is 48.8 Å². The predicted octanol–water partition coefficient (Wildman–Crippen LogP) is 2.72. The van der Waals surface area contributed by atoms with Crippen LogP contribution in [0.5, 0.6) is 0 Å². The number of nitrogens with zero attached hydrogens (tertiary/aromatic N) is 6. The second kappa shape index (κ2) is 26.4. The molecule has 0 fully saturated rings. The number of methoxy groups -OCH3 is 2. The number of para-hydroxylation sites is 1. The fraction of sp³-hybridized carbons (Fsp3) is 0.556. The minimum Gasteiger partial charge on any atom is -0.469 e. The number of halogens is 1. The fourth-order valence-electron chi connectivity index (χ4n) is 4.80. The van der Waals surface area contributed by atoms with E-state index in [1.165, 1.54) is 14.2 Å². The molecule has 0 aliphatic heterocycles. The molecule has 52 heavy (non-hydrogen) atoms. The quantitative estimate of drug-likeness (QED) is 0.0502. The van der Waals surface area contributed by atoms with Gasteiger partial charge in [0.25, 0.3) is 0 Å². The van der Waals surface area contributed by atoms with Crippen LogP contribution in [0.4, 0.5) is 0 Å². The van der Waals surface area contributed by atoms with Gasteiger partial charge in [-0.2, -0.15) is 0 Å². The standard InChI is InChI=1S/C18H25N3O4.C12H21BrO4.C6H4N3.Na/c1-4-5-10-25-18(23)14(11-13(2)17(22)24-3)12-21-16-9-7-6-8-15(16)19-20-21;1-4-5-6-17-12(15)10(8-13)7-9(2)11(14)16-3;1-2-4-6-5(3-1)7-9-8-6;/h6-9,13-14H,4-5,10-12H2,1-3H3;9-10H,4-8H2,1-3H3;1-4H;/q;;-1;+1. The van der Waals surface area contributed by atoms with Crippen molar-refractivity contribution in [3.05, 3.63) is 48.5 Å². The van der Waals surface area contributed by atoms with Gasteiger partial charge in [-0.1, -0.05) is 98.1 Å². The van der Waals surface area contributed by atoms with Crippen molar-refractivity contribution in [3.63, 3.8) is 0 Å². The molecule has 2 aromatic carbocycles. The molecule has 0 spiro atoms. The molecular formula is C36H50BrN6NaO8. The number of carbonyl (C=O) groups is 4. The van der Waals surface area contributed by atoms with Gasteiger partial charge < -0.3 is 29.1 Å². The van der Waals surface area contributed by atoms with E-state index in [2.05, 4.69) is 46.4 Å². The van der Waals surface area contributed by atoms with E-state index in [0.29, 0.717) is 37.9 Å². The molecule has 4 rings (SSSR count). The Balaban J connectivity index is 0.000000430. The van der Waals surface area contributed by atoms with Crippen LogP contribution in [0.2, 0.25) is 0 Å². The first-order chi connectivity index (χ1) is 24.6. The first-order valence-electron chi connectivity index (χ1n) is 17.1. The molecule has 2 aromatic heterocycles. The minimum absolute atomic E-state index is 0. The van der Waals surface area contributed by atoms with Crippen LogP contribution in [-0.2, 0) is 44.7 Å². The average molecular weight is 798 g/mol. The zero-order chi connectivity index (χ0) is 37.6. The molecule has 2 heterocycles. The smallest absolute Gasteiger partial charge is 0.469 e. The number of rotatable bonds is 17. The van der Waals surface area contributed by atoms with Crippen molar-refractivity contribution in [1.82, 2.24) is 30.4 Å². The summed E-state index contributed by atoms with van der Waals surface area (Å²) in [6.45, 7) is 8.72. The van der Waals surface area contributed by atoms with Crippen LogP contribution in [-0.4, -0.2) is 81.9 Å². The zero-order valence-corrected chi connectivity index (χ0v) is 34.9. The second-order valence-corrected chi connectivity index (χ2v) is 12.6. The normalized spacial score (nSPS) is 12.8. The molecule has 14 nitrogen and oxygen atoms in total. The molecule has 0 radical (unpaired) electrons. The van der Waals surface area contributed by atoms with Crippen molar-refractivity contribution in [1.29, 1.82) is 0 Å². The number of carbonyl (C=O) groups excluding carboxylic acids is 4. The molecule has 0 bridgehead atoms. The van der Waals surface area contributed by atoms with E-state index in [0.717, 1.165) is 47.8 Å². The van der Waals surface area contributed by atoms with Gasteiger partial charge >= 0.3 is 53.4 Å². The van der Waals surface area contributed by atoms with Gasteiger partial charge in [-0.15, -0.1) is 5.10 Å². The Hall–Kier alpha value is -3.40. The SMILES string of the molecule is CCCCOC(=O)C(CBr)CC(C)C(=O)OC.CCCCOC(=O)C(CC(C)C(=O)OC)Cn1nnc2ccccc21.[Na+].c1ccc2[n-]nnc2c1. The molecule has 0 saturated carbocycles. The number of esters is 4. The summed E-state index contributed by atoms with van der Waals surface area (Å²) in [6.07, 6.45) is 4.41. The van der Waals surface area contributed by atoms with Crippen molar-refractivity contribution in [3.8, 4) is 0 Å². The van der Waals surface area contributed by atoms with Crippen LogP contribution in [0.25, 0.3) is 22.1 Å². The summed E-state index contributed by atoms with van der Waals surface area (Å²) in [4.78, 5) is 47.2. The summed E-state index contributed by atoms with van der Waals surface area (Å²) < 4.78 is 21.6. The topological polar surface area (TPSA) is 176 Å². The maximum absolute atomic E-state index is 12.5.